The van der Waals surface area contributed by atoms with Crippen molar-refractivity contribution >= 4 is 17.5 Å². The number of halogens is 2. The molecule has 1 aromatic carbocycles. The van der Waals surface area contributed by atoms with Gasteiger partial charge in [-0.2, -0.15) is 0 Å². The van der Waals surface area contributed by atoms with Gasteiger partial charge in [0.1, 0.15) is 0 Å². The van der Waals surface area contributed by atoms with Gasteiger partial charge in [0.15, 0.2) is 17.4 Å². The number of piperidine rings is 1. The smallest absolute Gasteiger partial charge is 0.224 e. The van der Waals surface area contributed by atoms with E-state index in [-0.39, 0.29) is 30.5 Å². The van der Waals surface area contributed by atoms with Crippen LogP contribution in [0.15, 0.2) is 18.2 Å². The third-order valence-corrected chi connectivity index (χ3v) is 4.84. The van der Waals surface area contributed by atoms with Crippen LogP contribution in [0.25, 0.3) is 0 Å². The number of likely N-dealkylation sites (tertiary alicyclic amines) is 1. The summed E-state index contributed by atoms with van der Waals surface area (Å²) in [5, 5.41) is 0. The van der Waals surface area contributed by atoms with Crippen molar-refractivity contribution in [2.24, 2.45) is 0 Å². The van der Waals surface area contributed by atoms with E-state index in [4.69, 9.17) is 9.47 Å². The predicted molar refractivity (Wildman–Crippen MR) is 89.5 cm³/mol. The molecule has 3 rings (SSSR count). The van der Waals surface area contributed by atoms with E-state index < -0.39 is 17.4 Å². The lowest BCUT2D eigenvalue weighted by molar-refractivity contribution is -0.187. The number of anilines is 1. The predicted octanol–water partition coefficient (Wildman–Crippen LogP) is 2.07. The SMILES string of the molecule is CC(=O)N(CCC(=O)N1CCC2(CC1)OCCO2)c1ccc(F)c(F)c1. The van der Waals surface area contributed by atoms with Gasteiger partial charge in [0, 0.05) is 57.6 Å². The van der Waals surface area contributed by atoms with Crippen LogP contribution in [0.3, 0.4) is 0 Å². The van der Waals surface area contributed by atoms with Gasteiger partial charge in [0.25, 0.3) is 0 Å². The minimum atomic E-state index is -1.03. The molecule has 6 nitrogen and oxygen atoms in total. The maximum Gasteiger partial charge on any atom is 0.224 e. The Morgan fingerprint density at radius 3 is 2.38 bits per heavy atom. The summed E-state index contributed by atoms with van der Waals surface area (Å²) in [5.74, 6) is -2.99. The normalized spacial score (nSPS) is 19.0. The van der Waals surface area contributed by atoms with Gasteiger partial charge in [-0.05, 0) is 12.1 Å². The number of carbonyl (C=O) groups is 2. The first-order chi connectivity index (χ1) is 12.4. The van der Waals surface area contributed by atoms with Crippen LogP contribution < -0.4 is 4.90 Å². The highest BCUT2D eigenvalue weighted by Gasteiger charge is 2.40. The van der Waals surface area contributed by atoms with Gasteiger partial charge < -0.3 is 19.3 Å². The zero-order valence-corrected chi connectivity index (χ0v) is 14.7. The van der Waals surface area contributed by atoms with Crippen molar-refractivity contribution in [1.29, 1.82) is 0 Å². The first-order valence-electron chi connectivity index (χ1n) is 8.69. The summed E-state index contributed by atoms with van der Waals surface area (Å²) >= 11 is 0. The lowest BCUT2D eigenvalue weighted by Crippen LogP contribution is -2.48. The lowest BCUT2D eigenvalue weighted by Gasteiger charge is -2.37. The van der Waals surface area contributed by atoms with Crippen molar-refractivity contribution in [3.05, 3.63) is 29.8 Å². The van der Waals surface area contributed by atoms with Crippen LogP contribution in [-0.2, 0) is 19.1 Å². The molecule has 0 unspecified atom stereocenters. The molecule has 0 bridgehead atoms. The first-order valence-corrected chi connectivity index (χ1v) is 8.69. The van der Waals surface area contributed by atoms with E-state index in [1.807, 2.05) is 0 Å². The number of amides is 2. The highest BCUT2D eigenvalue weighted by Crippen LogP contribution is 2.31. The van der Waals surface area contributed by atoms with E-state index in [1.54, 1.807) is 4.90 Å². The zero-order valence-electron chi connectivity index (χ0n) is 14.7. The second-order valence-electron chi connectivity index (χ2n) is 6.51. The molecule has 1 spiro atoms. The Balaban J connectivity index is 1.56. The number of ether oxygens (including phenoxy) is 2. The van der Waals surface area contributed by atoms with Gasteiger partial charge in [-0.3, -0.25) is 9.59 Å². The van der Waals surface area contributed by atoms with E-state index in [9.17, 15) is 18.4 Å². The molecular formula is C18H22F2N2O4. The van der Waals surface area contributed by atoms with Crippen molar-refractivity contribution in [1.82, 2.24) is 4.90 Å². The minimum absolute atomic E-state index is 0.0910. The second kappa shape index (κ2) is 7.67. The minimum Gasteiger partial charge on any atom is -0.347 e. The summed E-state index contributed by atoms with van der Waals surface area (Å²) in [6.07, 6.45) is 1.35. The fourth-order valence-electron chi connectivity index (χ4n) is 3.37. The molecule has 0 radical (unpaired) electrons. The van der Waals surface area contributed by atoms with E-state index in [0.717, 1.165) is 12.1 Å². The molecule has 0 N–H and O–H groups in total. The van der Waals surface area contributed by atoms with Crippen LogP contribution in [0.1, 0.15) is 26.2 Å². The van der Waals surface area contributed by atoms with Crippen LogP contribution in [0.4, 0.5) is 14.5 Å². The van der Waals surface area contributed by atoms with Crippen LogP contribution in [0.2, 0.25) is 0 Å². The zero-order chi connectivity index (χ0) is 18.7. The molecule has 1 aromatic rings. The molecule has 2 fully saturated rings. The molecule has 2 amide bonds. The van der Waals surface area contributed by atoms with Gasteiger partial charge in [0.2, 0.25) is 11.8 Å². The maximum atomic E-state index is 13.4. The van der Waals surface area contributed by atoms with Crippen LogP contribution in [0, 0.1) is 11.6 Å². The summed E-state index contributed by atoms with van der Waals surface area (Å²) in [7, 11) is 0. The van der Waals surface area contributed by atoms with Crippen molar-refractivity contribution in [2.45, 2.75) is 32.0 Å². The van der Waals surface area contributed by atoms with Gasteiger partial charge in [-0.15, -0.1) is 0 Å². The molecule has 0 saturated carbocycles. The molecule has 2 saturated heterocycles. The average Bonchev–Trinajstić information content (AvgIpc) is 3.06. The van der Waals surface area contributed by atoms with E-state index in [1.165, 1.54) is 17.9 Å². The molecule has 0 atom stereocenters. The van der Waals surface area contributed by atoms with Gasteiger partial charge in [-0.1, -0.05) is 0 Å². The fraction of sp³-hybridized carbons (Fsp3) is 0.556. The Morgan fingerprint density at radius 1 is 1.15 bits per heavy atom. The van der Waals surface area contributed by atoms with E-state index in [2.05, 4.69) is 0 Å². The van der Waals surface area contributed by atoms with Crippen molar-refractivity contribution in [3.8, 4) is 0 Å². The standard InChI is InChI=1S/C18H22F2N2O4/c1-13(23)22(14-2-3-15(19)16(20)12-14)7-4-17(24)21-8-5-18(6-9-21)25-10-11-26-18/h2-3,12H,4-11H2,1H3. The van der Waals surface area contributed by atoms with Crippen LogP contribution >= 0.6 is 0 Å². The second-order valence-corrected chi connectivity index (χ2v) is 6.51. The Hall–Kier alpha value is -2.06. The number of nitrogens with zero attached hydrogens (tertiary/aromatic N) is 2. The largest absolute Gasteiger partial charge is 0.347 e. The summed E-state index contributed by atoms with van der Waals surface area (Å²) in [6.45, 7) is 3.65. The third kappa shape index (κ3) is 4.02. The summed E-state index contributed by atoms with van der Waals surface area (Å²) in [6, 6.07) is 3.25. The molecule has 0 aromatic heterocycles. The Labute approximate surface area is 150 Å². The Morgan fingerprint density at radius 2 is 1.81 bits per heavy atom. The fourth-order valence-corrected chi connectivity index (χ4v) is 3.37. The van der Waals surface area contributed by atoms with Crippen molar-refractivity contribution < 1.29 is 27.8 Å². The molecule has 2 heterocycles. The Kier molecular flexibility index (Phi) is 5.52. The summed E-state index contributed by atoms with van der Waals surface area (Å²) in [4.78, 5) is 27.3. The number of hydrogen-bond acceptors (Lipinski definition) is 4. The molecule has 2 aliphatic rings. The molecule has 0 aliphatic carbocycles. The number of rotatable bonds is 4. The topological polar surface area (TPSA) is 59.1 Å². The molecule has 8 heteroatoms. The third-order valence-electron chi connectivity index (χ3n) is 4.84. The van der Waals surface area contributed by atoms with Crippen molar-refractivity contribution in [3.63, 3.8) is 0 Å². The summed E-state index contributed by atoms with van der Waals surface area (Å²) < 4.78 is 37.8. The lowest BCUT2D eigenvalue weighted by atomic mass is 10.0. The highest BCUT2D eigenvalue weighted by molar-refractivity contribution is 5.92. The van der Waals surface area contributed by atoms with Crippen LogP contribution in [0.5, 0.6) is 0 Å². The quantitative estimate of drug-likeness (QED) is 0.817. The number of carbonyl (C=O) groups excluding carboxylic acids is 2. The molecule has 2 aliphatic heterocycles. The monoisotopic (exact) mass is 368 g/mol. The maximum absolute atomic E-state index is 13.4. The number of hydrogen-bond donors (Lipinski definition) is 0. The highest BCUT2D eigenvalue weighted by atomic mass is 19.2. The summed E-state index contributed by atoms with van der Waals surface area (Å²) in [5.41, 5.74) is 0.231. The van der Waals surface area contributed by atoms with Crippen LogP contribution in [-0.4, -0.2) is 55.3 Å². The first kappa shape index (κ1) is 18.7. The molecular weight excluding hydrogens is 346 g/mol. The van der Waals surface area contributed by atoms with Crippen molar-refractivity contribution in [2.75, 3.05) is 37.7 Å². The van der Waals surface area contributed by atoms with Gasteiger partial charge in [-0.25, -0.2) is 8.78 Å². The molecule has 142 valence electrons. The Bertz CT molecular complexity index is 682. The average molecular weight is 368 g/mol. The number of benzene rings is 1. The van der Waals surface area contributed by atoms with Gasteiger partial charge >= 0.3 is 0 Å². The molecule has 26 heavy (non-hydrogen) atoms. The van der Waals surface area contributed by atoms with E-state index >= 15 is 0 Å². The van der Waals surface area contributed by atoms with Gasteiger partial charge in [0.05, 0.1) is 13.2 Å². The van der Waals surface area contributed by atoms with E-state index in [0.29, 0.717) is 39.1 Å².